The number of carbonyl (C=O) groups is 1. The van der Waals surface area contributed by atoms with Crippen LogP contribution in [0, 0.1) is 0 Å². The Labute approximate surface area is 116 Å². The van der Waals surface area contributed by atoms with Crippen molar-refractivity contribution in [3.05, 3.63) is 24.3 Å². The van der Waals surface area contributed by atoms with Gasteiger partial charge in [0.05, 0.1) is 7.11 Å². The molecule has 0 atom stereocenters. The summed E-state index contributed by atoms with van der Waals surface area (Å²) in [5, 5.41) is 0. The van der Waals surface area contributed by atoms with Gasteiger partial charge in [-0.15, -0.1) is 0 Å². The Hall–Kier alpha value is -1.71. The number of ether oxygens (including phenoxy) is 1. The van der Waals surface area contributed by atoms with E-state index in [2.05, 4.69) is 17.0 Å². The predicted octanol–water partition coefficient (Wildman–Crippen LogP) is 2.39. The Bertz CT molecular complexity index is 382. The van der Waals surface area contributed by atoms with E-state index in [0.717, 1.165) is 31.9 Å². The zero-order valence-electron chi connectivity index (χ0n) is 12.3. The van der Waals surface area contributed by atoms with Crippen LogP contribution in [0.1, 0.15) is 20.8 Å². The Morgan fingerprint density at radius 3 is 2.00 bits per heavy atom. The lowest BCUT2D eigenvalue weighted by Crippen LogP contribution is -2.48. The largest absolute Gasteiger partial charge is 0.497 e. The van der Waals surface area contributed by atoms with Crippen LogP contribution >= 0.6 is 0 Å². The molecule has 1 aromatic carbocycles. The third kappa shape index (κ3) is 4.16. The average molecular weight is 264 g/mol. The van der Waals surface area contributed by atoms with Crippen molar-refractivity contribution in [2.45, 2.75) is 20.8 Å². The van der Waals surface area contributed by atoms with E-state index < -0.39 is 0 Å². The first-order valence-corrected chi connectivity index (χ1v) is 6.85. The highest BCUT2D eigenvalue weighted by Crippen LogP contribution is 2.20. The van der Waals surface area contributed by atoms with Gasteiger partial charge in [-0.05, 0) is 24.3 Å². The first-order chi connectivity index (χ1) is 9.20. The van der Waals surface area contributed by atoms with Gasteiger partial charge in [-0.2, -0.15) is 0 Å². The fraction of sp³-hybridized carbons (Fsp3) is 0.533. The number of rotatable bonds is 2. The normalized spacial score (nSPS) is 14.5. The molecule has 1 aliphatic heterocycles. The fourth-order valence-corrected chi connectivity index (χ4v) is 2.07. The second-order valence-corrected chi connectivity index (χ2v) is 4.19. The van der Waals surface area contributed by atoms with Gasteiger partial charge in [-0.25, -0.2) is 0 Å². The summed E-state index contributed by atoms with van der Waals surface area (Å²) >= 11 is 0. The molecule has 1 amide bonds. The minimum atomic E-state index is 0.166. The van der Waals surface area contributed by atoms with Crippen molar-refractivity contribution in [2.24, 2.45) is 0 Å². The van der Waals surface area contributed by atoms with E-state index in [1.54, 1.807) is 14.0 Å². The first-order valence-electron chi connectivity index (χ1n) is 6.85. The summed E-state index contributed by atoms with van der Waals surface area (Å²) < 4.78 is 5.13. The molecule has 1 aliphatic rings. The molecule has 0 bridgehead atoms. The van der Waals surface area contributed by atoms with Gasteiger partial charge in [-0.1, -0.05) is 13.8 Å². The monoisotopic (exact) mass is 264 g/mol. The molecule has 4 nitrogen and oxygen atoms in total. The van der Waals surface area contributed by atoms with Crippen LogP contribution in [-0.4, -0.2) is 44.1 Å². The lowest BCUT2D eigenvalue weighted by Gasteiger charge is -2.35. The highest BCUT2D eigenvalue weighted by molar-refractivity contribution is 5.73. The number of benzene rings is 1. The van der Waals surface area contributed by atoms with Crippen LogP contribution in [0.4, 0.5) is 5.69 Å². The number of carbonyl (C=O) groups excluding carboxylic acids is 1. The Balaban J connectivity index is 0.000000861. The van der Waals surface area contributed by atoms with Crippen LogP contribution < -0.4 is 9.64 Å². The van der Waals surface area contributed by atoms with Crippen LogP contribution in [0.25, 0.3) is 0 Å². The molecule has 0 aliphatic carbocycles. The number of anilines is 1. The number of hydrogen-bond donors (Lipinski definition) is 0. The van der Waals surface area contributed by atoms with Gasteiger partial charge < -0.3 is 14.5 Å². The van der Waals surface area contributed by atoms with Crippen LogP contribution in [0.15, 0.2) is 24.3 Å². The van der Waals surface area contributed by atoms with Crippen molar-refractivity contribution in [1.29, 1.82) is 0 Å². The van der Waals surface area contributed by atoms with E-state index in [0.29, 0.717) is 0 Å². The van der Waals surface area contributed by atoms with Crippen LogP contribution in [0.2, 0.25) is 0 Å². The van der Waals surface area contributed by atoms with Gasteiger partial charge in [0, 0.05) is 38.8 Å². The Morgan fingerprint density at radius 1 is 1.05 bits per heavy atom. The van der Waals surface area contributed by atoms with Gasteiger partial charge in [0.15, 0.2) is 0 Å². The molecule has 1 saturated heterocycles. The summed E-state index contributed by atoms with van der Waals surface area (Å²) in [7, 11) is 1.67. The zero-order chi connectivity index (χ0) is 14.3. The summed E-state index contributed by atoms with van der Waals surface area (Å²) in [5.41, 5.74) is 1.19. The second kappa shape index (κ2) is 7.67. The topological polar surface area (TPSA) is 32.8 Å². The molecule has 0 aromatic heterocycles. The molecule has 0 N–H and O–H groups in total. The van der Waals surface area contributed by atoms with Gasteiger partial charge in [-0.3, -0.25) is 4.79 Å². The van der Waals surface area contributed by atoms with Crippen molar-refractivity contribution in [1.82, 2.24) is 4.90 Å². The van der Waals surface area contributed by atoms with Crippen molar-refractivity contribution in [3.8, 4) is 5.75 Å². The minimum absolute atomic E-state index is 0.166. The van der Waals surface area contributed by atoms with Crippen LogP contribution in [-0.2, 0) is 4.79 Å². The number of amides is 1. The Kier molecular flexibility index (Phi) is 6.19. The summed E-state index contributed by atoms with van der Waals surface area (Å²) in [6.07, 6.45) is 0. The molecule has 0 unspecified atom stereocenters. The Morgan fingerprint density at radius 2 is 1.58 bits per heavy atom. The predicted molar refractivity (Wildman–Crippen MR) is 78.8 cm³/mol. The van der Waals surface area contributed by atoms with Gasteiger partial charge in [0.1, 0.15) is 5.75 Å². The molecule has 1 heterocycles. The quantitative estimate of drug-likeness (QED) is 0.822. The van der Waals surface area contributed by atoms with E-state index >= 15 is 0 Å². The van der Waals surface area contributed by atoms with Gasteiger partial charge in [0.2, 0.25) is 5.91 Å². The summed E-state index contributed by atoms with van der Waals surface area (Å²) in [6, 6.07) is 8.05. The number of nitrogens with zero attached hydrogens (tertiary/aromatic N) is 2. The number of piperazine rings is 1. The van der Waals surface area contributed by atoms with Gasteiger partial charge >= 0.3 is 0 Å². The van der Waals surface area contributed by atoms with E-state index in [9.17, 15) is 4.79 Å². The molecule has 2 rings (SSSR count). The third-order valence-electron chi connectivity index (χ3n) is 3.16. The van der Waals surface area contributed by atoms with Crippen LogP contribution in [0.5, 0.6) is 5.75 Å². The van der Waals surface area contributed by atoms with E-state index in [1.807, 2.05) is 30.9 Å². The summed E-state index contributed by atoms with van der Waals surface area (Å²) in [5.74, 6) is 1.04. The van der Waals surface area contributed by atoms with Crippen molar-refractivity contribution >= 4 is 11.6 Å². The number of hydrogen-bond acceptors (Lipinski definition) is 3. The third-order valence-corrected chi connectivity index (χ3v) is 3.16. The minimum Gasteiger partial charge on any atom is -0.497 e. The molecule has 0 spiro atoms. The molecule has 0 radical (unpaired) electrons. The molecule has 106 valence electrons. The smallest absolute Gasteiger partial charge is 0.219 e. The van der Waals surface area contributed by atoms with E-state index in [1.165, 1.54) is 5.69 Å². The van der Waals surface area contributed by atoms with Gasteiger partial charge in [0.25, 0.3) is 0 Å². The molecular formula is C15H24N2O2. The molecular weight excluding hydrogens is 240 g/mol. The summed E-state index contributed by atoms with van der Waals surface area (Å²) in [6.45, 7) is 9.03. The maximum atomic E-state index is 11.2. The highest BCUT2D eigenvalue weighted by atomic mass is 16.5. The van der Waals surface area contributed by atoms with Crippen molar-refractivity contribution in [2.75, 3.05) is 38.2 Å². The zero-order valence-corrected chi connectivity index (χ0v) is 12.3. The lowest BCUT2D eigenvalue weighted by atomic mass is 10.2. The summed E-state index contributed by atoms with van der Waals surface area (Å²) in [4.78, 5) is 15.4. The van der Waals surface area contributed by atoms with E-state index in [-0.39, 0.29) is 5.91 Å². The second-order valence-electron chi connectivity index (χ2n) is 4.19. The SMILES string of the molecule is CC.COc1ccc(N2CCN(C(C)=O)CC2)cc1. The maximum absolute atomic E-state index is 11.2. The van der Waals surface area contributed by atoms with E-state index in [4.69, 9.17) is 4.74 Å². The molecule has 0 saturated carbocycles. The average Bonchev–Trinajstić information content (AvgIpc) is 2.49. The lowest BCUT2D eigenvalue weighted by molar-refractivity contribution is -0.129. The molecule has 1 aromatic rings. The molecule has 19 heavy (non-hydrogen) atoms. The standard InChI is InChI=1S/C13H18N2O2.C2H6/c1-11(16)14-7-9-15(10-8-14)12-3-5-13(17-2)6-4-12;1-2/h3-6H,7-10H2,1-2H3;1-2H3. The fourth-order valence-electron chi connectivity index (χ4n) is 2.07. The van der Waals surface area contributed by atoms with Crippen molar-refractivity contribution < 1.29 is 9.53 Å². The van der Waals surface area contributed by atoms with Crippen molar-refractivity contribution in [3.63, 3.8) is 0 Å². The first kappa shape index (κ1) is 15.3. The van der Waals surface area contributed by atoms with Crippen LogP contribution in [0.3, 0.4) is 0 Å². The maximum Gasteiger partial charge on any atom is 0.219 e. The highest BCUT2D eigenvalue weighted by Gasteiger charge is 2.18. The molecule has 1 fully saturated rings. The number of methoxy groups -OCH3 is 1. The molecule has 4 heteroatoms.